The van der Waals surface area contributed by atoms with Crippen molar-refractivity contribution in [2.75, 3.05) is 12.0 Å². The second-order valence-electron chi connectivity index (χ2n) is 4.15. The van der Waals surface area contributed by atoms with E-state index in [-0.39, 0.29) is 17.9 Å². The number of anilines is 1. The molecule has 1 aliphatic rings. The summed E-state index contributed by atoms with van der Waals surface area (Å²) in [5.41, 5.74) is 1.89. The first-order valence-corrected chi connectivity index (χ1v) is 5.72. The third kappa shape index (κ3) is 1.84. The molecule has 1 aromatic rings. The Morgan fingerprint density at radius 2 is 2.22 bits per heavy atom. The van der Waals surface area contributed by atoms with Crippen molar-refractivity contribution < 1.29 is 9.53 Å². The van der Waals surface area contributed by atoms with Gasteiger partial charge in [0.1, 0.15) is 5.92 Å². The van der Waals surface area contributed by atoms with Crippen molar-refractivity contribution in [3.8, 4) is 6.07 Å². The molecule has 4 nitrogen and oxygen atoms in total. The topological polar surface area (TPSA) is 53.3 Å². The van der Waals surface area contributed by atoms with Crippen molar-refractivity contribution in [3.05, 3.63) is 42.1 Å². The lowest BCUT2D eigenvalue weighted by Gasteiger charge is -2.22. The van der Waals surface area contributed by atoms with Gasteiger partial charge in [-0.3, -0.25) is 4.79 Å². The molecule has 0 N–H and O–H groups in total. The Kier molecular flexibility index (Phi) is 3.33. The molecule has 2 atom stereocenters. The molecule has 0 bridgehead atoms. The van der Waals surface area contributed by atoms with Gasteiger partial charge in [0.2, 0.25) is 0 Å². The minimum absolute atomic E-state index is 0.0561. The zero-order valence-electron chi connectivity index (χ0n) is 10.3. The Hall–Kier alpha value is -2.28. The molecule has 0 aromatic heterocycles. The van der Waals surface area contributed by atoms with Crippen LogP contribution in [-0.4, -0.2) is 19.1 Å². The number of nitrogens with zero attached hydrogens (tertiary/aromatic N) is 2. The highest BCUT2D eigenvalue weighted by molar-refractivity contribution is 5.85. The van der Waals surface area contributed by atoms with Crippen LogP contribution in [0.2, 0.25) is 0 Å². The molecule has 0 fully saturated rings. The number of methoxy groups -OCH3 is 1. The van der Waals surface area contributed by atoms with E-state index < -0.39 is 0 Å². The molecular weight excluding hydrogens is 228 g/mol. The summed E-state index contributed by atoms with van der Waals surface area (Å²) in [6.07, 6.45) is 3.11. The first kappa shape index (κ1) is 12.2. The first-order valence-electron chi connectivity index (χ1n) is 5.72. The van der Waals surface area contributed by atoms with E-state index in [1.807, 2.05) is 42.2 Å². The van der Waals surface area contributed by atoms with Crippen LogP contribution in [0.4, 0.5) is 5.69 Å². The van der Waals surface area contributed by atoms with Crippen LogP contribution < -0.4 is 4.90 Å². The van der Waals surface area contributed by atoms with Gasteiger partial charge in [0.25, 0.3) is 0 Å². The maximum Gasteiger partial charge on any atom is 0.315 e. The molecule has 2 rings (SSSR count). The largest absolute Gasteiger partial charge is 0.468 e. The average molecular weight is 242 g/mol. The van der Waals surface area contributed by atoms with Crippen molar-refractivity contribution in [2.45, 2.75) is 18.9 Å². The lowest BCUT2D eigenvalue weighted by atomic mass is 9.96. The summed E-state index contributed by atoms with van der Waals surface area (Å²) >= 11 is 0. The summed E-state index contributed by atoms with van der Waals surface area (Å²) in [6.45, 7) is 1.95. The number of benzene rings is 1. The van der Waals surface area contributed by atoms with E-state index in [2.05, 4.69) is 0 Å². The maximum atomic E-state index is 11.9. The highest BCUT2D eigenvalue weighted by Crippen LogP contribution is 2.41. The number of fused-ring (bicyclic) bond motifs is 1. The minimum Gasteiger partial charge on any atom is -0.468 e. The molecule has 92 valence electrons. The Balaban J connectivity index is 2.47. The van der Waals surface area contributed by atoms with Gasteiger partial charge >= 0.3 is 5.97 Å². The van der Waals surface area contributed by atoms with E-state index in [0.717, 1.165) is 11.3 Å². The number of para-hydroxylation sites is 1. The molecule has 2 unspecified atom stereocenters. The molecule has 0 spiro atoms. The average Bonchev–Trinajstić information content (AvgIpc) is 2.68. The lowest BCUT2D eigenvalue weighted by Crippen LogP contribution is -2.30. The van der Waals surface area contributed by atoms with E-state index in [1.165, 1.54) is 13.2 Å². The SMILES string of the molecule is COC(=O)C1c2ccccc2N(/C=C/C#N)C1C. The van der Waals surface area contributed by atoms with Gasteiger partial charge in [-0.1, -0.05) is 18.2 Å². The molecule has 0 radical (unpaired) electrons. The fraction of sp³-hybridized carbons (Fsp3) is 0.286. The molecular formula is C14H14N2O2. The van der Waals surface area contributed by atoms with Crippen molar-refractivity contribution in [3.63, 3.8) is 0 Å². The number of hydrogen-bond donors (Lipinski definition) is 0. The van der Waals surface area contributed by atoms with Gasteiger partial charge in [-0.05, 0) is 18.6 Å². The molecule has 1 aromatic carbocycles. The van der Waals surface area contributed by atoms with Crippen LogP contribution in [0.3, 0.4) is 0 Å². The van der Waals surface area contributed by atoms with Crippen LogP contribution in [-0.2, 0) is 9.53 Å². The standard InChI is InChI=1S/C14H14N2O2/c1-10-13(14(17)18-2)11-6-3-4-7-12(11)16(10)9-5-8-15/h3-7,9-10,13H,1-2H3/b9-5+. The Morgan fingerprint density at radius 1 is 1.50 bits per heavy atom. The van der Waals surface area contributed by atoms with Crippen molar-refractivity contribution >= 4 is 11.7 Å². The third-order valence-electron chi connectivity index (χ3n) is 3.24. The molecule has 0 aliphatic carbocycles. The van der Waals surface area contributed by atoms with E-state index >= 15 is 0 Å². The van der Waals surface area contributed by atoms with Crippen molar-refractivity contribution in [2.24, 2.45) is 0 Å². The smallest absolute Gasteiger partial charge is 0.315 e. The second kappa shape index (κ2) is 4.92. The summed E-state index contributed by atoms with van der Waals surface area (Å²) in [5, 5.41) is 8.63. The molecule has 0 saturated carbocycles. The number of carbonyl (C=O) groups is 1. The highest BCUT2D eigenvalue weighted by atomic mass is 16.5. The molecule has 1 aliphatic heterocycles. The molecule has 0 amide bonds. The number of allylic oxidation sites excluding steroid dienone is 1. The third-order valence-corrected chi connectivity index (χ3v) is 3.24. The van der Waals surface area contributed by atoms with Crippen LogP contribution in [0.1, 0.15) is 18.4 Å². The van der Waals surface area contributed by atoms with Gasteiger partial charge in [0, 0.05) is 24.0 Å². The predicted molar refractivity (Wildman–Crippen MR) is 67.9 cm³/mol. The number of ether oxygens (including phenoxy) is 1. The predicted octanol–water partition coefficient (Wildman–Crippen LogP) is 2.19. The number of nitriles is 1. The second-order valence-corrected chi connectivity index (χ2v) is 4.15. The van der Waals surface area contributed by atoms with Crippen LogP contribution in [0.5, 0.6) is 0 Å². The molecule has 18 heavy (non-hydrogen) atoms. The monoisotopic (exact) mass is 242 g/mol. The summed E-state index contributed by atoms with van der Waals surface area (Å²) in [4.78, 5) is 13.8. The number of hydrogen-bond acceptors (Lipinski definition) is 4. The van der Waals surface area contributed by atoms with Gasteiger partial charge in [0.05, 0.1) is 13.2 Å². The van der Waals surface area contributed by atoms with E-state index in [1.54, 1.807) is 6.20 Å². The normalized spacial score (nSPS) is 21.7. The van der Waals surface area contributed by atoms with Crippen molar-refractivity contribution in [1.29, 1.82) is 5.26 Å². The number of rotatable bonds is 2. The van der Waals surface area contributed by atoms with Gasteiger partial charge in [-0.2, -0.15) is 5.26 Å². The van der Waals surface area contributed by atoms with Gasteiger partial charge in [0.15, 0.2) is 0 Å². The summed E-state index contributed by atoms with van der Waals surface area (Å²) in [7, 11) is 1.39. The van der Waals surface area contributed by atoms with Crippen molar-refractivity contribution in [1.82, 2.24) is 0 Å². The van der Waals surface area contributed by atoms with Crippen LogP contribution in [0.15, 0.2) is 36.5 Å². The number of esters is 1. The molecule has 4 heteroatoms. The fourth-order valence-corrected chi connectivity index (χ4v) is 2.41. The van der Waals surface area contributed by atoms with Crippen LogP contribution in [0, 0.1) is 11.3 Å². The van der Waals surface area contributed by atoms with E-state index in [4.69, 9.17) is 10.00 Å². The lowest BCUT2D eigenvalue weighted by molar-refractivity contribution is -0.142. The van der Waals surface area contributed by atoms with Gasteiger partial charge in [-0.15, -0.1) is 0 Å². The summed E-state index contributed by atoms with van der Waals surface area (Å²) in [6, 6.07) is 9.59. The summed E-state index contributed by atoms with van der Waals surface area (Å²) < 4.78 is 4.86. The van der Waals surface area contributed by atoms with Crippen LogP contribution >= 0.6 is 0 Å². The van der Waals surface area contributed by atoms with Gasteiger partial charge < -0.3 is 9.64 Å². The fourth-order valence-electron chi connectivity index (χ4n) is 2.41. The minimum atomic E-state index is -0.311. The van der Waals surface area contributed by atoms with E-state index in [9.17, 15) is 4.79 Å². The summed E-state index contributed by atoms with van der Waals surface area (Å²) in [5.74, 6) is -0.558. The molecule has 1 heterocycles. The number of carbonyl (C=O) groups excluding carboxylic acids is 1. The Morgan fingerprint density at radius 3 is 2.89 bits per heavy atom. The van der Waals surface area contributed by atoms with E-state index in [0.29, 0.717) is 0 Å². The zero-order chi connectivity index (χ0) is 13.1. The Labute approximate surface area is 106 Å². The Bertz CT molecular complexity index is 531. The maximum absolute atomic E-state index is 11.9. The highest BCUT2D eigenvalue weighted by Gasteiger charge is 2.39. The quantitative estimate of drug-likeness (QED) is 0.589. The zero-order valence-corrected chi connectivity index (χ0v) is 10.3. The van der Waals surface area contributed by atoms with Gasteiger partial charge in [-0.25, -0.2) is 0 Å². The van der Waals surface area contributed by atoms with Crippen LogP contribution in [0.25, 0.3) is 0 Å². The first-order chi connectivity index (χ1) is 8.70. The molecule has 0 saturated heterocycles.